The van der Waals surface area contributed by atoms with E-state index in [0.29, 0.717) is 5.57 Å². The van der Waals surface area contributed by atoms with E-state index in [4.69, 9.17) is 0 Å². The summed E-state index contributed by atoms with van der Waals surface area (Å²) in [6.07, 6.45) is 4.35. The number of likely N-dealkylation sites (N-methyl/N-ethyl adjacent to an activating group) is 1. The van der Waals surface area contributed by atoms with Gasteiger partial charge in [-0.25, -0.2) is 0 Å². The number of nitrogens with one attached hydrogen (secondary N) is 1. The molecule has 2 nitrogen and oxygen atoms in total. The van der Waals surface area contributed by atoms with Crippen molar-refractivity contribution in [2.75, 3.05) is 7.05 Å². The van der Waals surface area contributed by atoms with Gasteiger partial charge in [0, 0.05) is 35.9 Å². The molecule has 0 fully saturated rings. The topological polar surface area (TPSA) is 29.1 Å². The van der Waals surface area contributed by atoms with Gasteiger partial charge in [-0.3, -0.25) is 4.79 Å². The van der Waals surface area contributed by atoms with Crippen LogP contribution < -0.4 is 5.32 Å². The van der Waals surface area contributed by atoms with Crippen LogP contribution in [0.4, 0.5) is 0 Å². The average Bonchev–Trinajstić information content (AvgIpc) is 2.39. The van der Waals surface area contributed by atoms with Crippen LogP contribution in [-0.2, 0) is 4.79 Å². The van der Waals surface area contributed by atoms with Gasteiger partial charge in [-0.1, -0.05) is 37.0 Å². The van der Waals surface area contributed by atoms with Crippen molar-refractivity contribution in [2.24, 2.45) is 0 Å². The van der Waals surface area contributed by atoms with Gasteiger partial charge in [-0.15, -0.1) is 0 Å². The van der Waals surface area contributed by atoms with E-state index in [1.807, 2.05) is 40.8 Å². The highest BCUT2D eigenvalue weighted by Crippen LogP contribution is 2.25. The Morgan fingerprint density at radius 3 is 2.15 bits per heavy atom. The lowest BCUT2D eigenvalue weighted by atomic mass is 9.91. The van der Waals surface area contributed by atoms with Gasteiger partial charge >= 0.3 is 0 Å². The number of Topliss-reactive ketones (excluding diaryl/α,β-unsaturated/α-hetero) is 1. The lowest BCUT2D eigenvalue weighted by Crippen LogP contribution is -2.15. The quantitative estimate of drug-likeness (QED) is 0.466. The minimum Gasteiger partial charge on any atom is -0.388 e. The zero-order valence-electron chi connectivity index (χ0n) is 13.5. The van der Waals surface area contributed by atoms with E-state index in [0.717, 1.165) is 28.8 Å². The maximum Gasteiger partial charge on any atom is 0.161 e. The van der Waals surface area contributed by atoms with Gasteiger partial charge in [0.2, 0.25) is 0 Å². The van der Waals surface area contributed by atoms with Crippen molar-refractivity contribution in [2.45, 2.75) is 41.0 Å². The Balaban J connectivity index is 6.27. The molecule has 20 heavy (non-hydrogen) atoms. The number of carbonyl (C=O) groups excluding carboxylic acids is 1. The summed E-state index contributed by atoms with van der Waals surface area (Å²) in [4.78, 5) is 12.1. The van der Waals surface area contributed by atoms with Gasteiger partial charge in [0.05, 0.1) is 0 Å². The highest BCUT2D eigenvalue weighted by Gasteiger charge is 2.17. The first-order chi connectivity index (χ1) is 9.40. The van der Waals surface area contributed by atoms with Gasteiger partial charge in [0.25, 0.3) is 0 Å². The summed E-state index contributed by atoms with van der Waals surface area (Å²) in [6, 6.07) is 0. The first-order valence-electron chi connectivity index (χ1n) is 6.80. The van der Waals surface area contributed by atoms with E-state index in [1.165, 1.54) is 0 Å². The molecule has 0 unspecified atom stereocenters. The summed E-state index contributed by atoms with van der Waals surface area (Å²) < 4.78 is 0. The fourth-order valence-electron chi connectivity index (χ4n) is 1.97. The first-order valence-corrected chi connectivity index (χ1v) is 6.80. The number of carbonyl (C=O) groups is 1. The predicted molar refractivity (Wildman–Crippen MR) is 87.2 cm³/mol. The van der Waals surface area contributed by atoms with Gasteiger partial charge in [0.15, 0.2) is 5.78 Å². The van der Waals surface area contributed by atoms with Gasteiger partial charge in [-0.05, 0) is 33.8 Å². The van der Waals surface area contributed by atoms with Crippen molar-refractivity contribution >= 4 is 5.78 Å². The normalized spacial score (nSPS) is 11.8. The highest BCUT2D eigenvalue weighted by atomic mass is 16.1. The van der Waals surface area contributed by atoms with E-state index in [1.54, 1.807) is 13.0 Å². The third-order valence-electron chi connectivity index (χ3n) is 2.75. The minimum absolute atomic E-state index is 0.0225. The second kappa shape index (κ2) is 8.98. The molecule has 0 aromatic rings. The third kappa shape index (κ3) is 4.93. The van der Waals surface area contributed by atoms with Crippen LogP contribution in [0.3, 0.4) is 0 Å². The lowest BCUT2D eigenvalue weighted by molar-refractivity contribution is -0.113. The van der Waals surface area contributed by atoms with Crippen LogP contribution >= 0.6 is 0 Å². The fourth-order valence-corrected chi connectivity index (χ4v) is 1.97. The van der Waals surface area contributed by atoms with Crippen LogP contribution in [-0.4, -0.2) is 12.8 Å². The van der Waals surface area contributed by atoms with Crippen molar-refractivity contribution < 1.29 is 4.79 Å². The van der Waals surface area contributed by atoms with Gasteiger partial charge in [-0.2, -0.15) is 0 Å². The second-order valence-corrected chi connectivity index (χ2v) is 4.65. The molecule has 0 aliphatic carbocycles. The molecule has 0 rings (SSSR count). The molecule has 0 saturated carbocycles. The smallest absolute Gasteiger partial charge is 0.161 e. The Labute approximate surface area is 123 Å². The zero-order chi connectivity index (χ0) is 15.7. The molecule has 108 valence electrons. The lowest BCUT2D eigenvalue weighted by Gasteiger charge is -2.17. The molecule has 0 heterocycles. The number of hydrogen-bond donors (Lipinski definition) is 1. The highest BCUT2D eigenvalue weighted by molar-refractivity contribution is 6.00. The van der Waals surface area contributed by atoms with Crippen molar-refractivity contribution in [3.05, 3.63) is 46.7 Å². The number of allylic oxidation sites excluding steroid dienone is 5. The Kier molecular flexibility index (Phi) is 8.08. The van der Waals surface area contributed by atoms with Crippen LogP contribution in [0.2, 0.25) is 0 Å². The van der Waals surface area contributed by atoms with Crippen LogP contribution in [0.5, 0.6) is 0 Å². The molecule has 0 aromatic carbocycles. The first kappa shape index (κ1) is 18.0. The molecular weight excluding hydrogens is 246 g/mol. The van der Waals surface area contributed by atoms with Crippen molar-refractivity contribution in [1.29, 1.82) is 0 Å². The molecule has 0 amide bonds. The summed E-state index contributed by atoms with van der Waals surface area (Å²) in [5.41, 5.74) is 4.33. The Morgan fingerprint density at radius 2 is 1.80 bits per heavy atom. The minimum atomic E-state index is 0.0225. The summed E-state index contributed by atoms with van der Waals surface area (Å²) in [7, 11) is 1.84. The van der Waals surface area contributed by atoms with E-state index < -0.39 is 0 Å². The molecule has 0 atom stereocenters. The molecule has 0 bridgehead atoms. The summed E-state index contributed by atoms with van der Waals surface area (Å²) in [6.45, 7) is 13.2. The molecule has 1 N–H and O–H groups in total. The van der Waals surface area contributed by atoms with Crippen molar-refractivity contribution in [1.82, 2.24) is 5.32 Å². The van der Waals surface area contributed by atoms with E-state index in [2.05, 4.69) is 23.7 Å². The Morgan fingerprint density at radius 1 is 1.20 bits per heavy atom. The van der Waals surface area contributed by atoms with Crippen LogP contribution in [0.1, 0.15) is 41.0 Å². The summed E-state index contributed by atoms with van der Waals surface area (Å²) in [5.74, 6) is 6.11. The van der Waals surface area contributed by atoms with E-state index in [-0.39, 0.29) is 5.78 Å². The van der Waals surface area contributed by atoms with Crippen LogP contribution in [0.15, 0.2) is 46.7 Å². The van der Waals surface area contributed by atoms with Crippen LogP contribution in [0.25, 0.3) is 0 Å². The monoisotopic (exact) mass is 271 g/mol. The maximum absolute atomic E-state index is 12.1. The molecule has 0 aliphatic rings. The average molecular weight is 271 g/mol. The molecule has 2 heteroatoms. The Hall–Kier alpha value is -2.01. The zero-order valence-corrected chi connectivity index (χ0v) is 13.5. The molecular formula is C18H25NO. The summed E-state index contributed by atoms with van der Waals surface area (Å²) in [5, 5.41) is 3.13. The number of ketones is 1. The standard InChI is InChI=1S/C18H25NO/c1-8-10-12-14(5)18(15(6)20)17(13(3)4)16(19-7)11-9-2/h9,11,19H,2,8H2,1,3-7H3/b16-11+,18-14+. The van der Waals surface area contributed by atoms with Crippen LogP contribution in [0, 0.1) is 11.8 Å². The molecule has 0 spiro atoms. The maximum atomic E-state index is 12.1. The largest absolute Gasteiger partial charge is 0.388 e. The number of hydrogen-bond acceptors (Lipinski definition) is 2. The van der Waals surface area contributed by atoms with Crippen molar-refractivity contribution in [3.8, 4) is 11.8 Å². The van der Waals surface area contributed by atoms with E-state index >= 15 is 0 Å². The van der Waals surface area contributed by atoms with Crippen molar-refractivity contribution in [3.63, 3.8) is 0 Å². The molecule has 0 aliphatic heterocycles. The molecule has 0 saturated heterocycles. The molecule has 0 radical (unpaired) electrons. The third-order valence-corrected chi connectivity index (χ3v) is 2.75. The van der Waals surface area contributed by atoms with E-state index in [9.17, 15) is 4.79 Å². The predicted octanol–water partition coefficient (Wildman–Crippen LogP) is 3.93. The second-order valence-electron chi connectivity index (χ2n) is 4.65. The Bertz CT molecular complexity index is 530. The summed E-state index contributed by atoms with van der Waals surface area (Å²) >= 11 is 0. The SMILES string of the molecule is C=C/C=C(/NC)C(=C(C)C)/C(C(C)=O)=C(\C)C#CCC. The fraction of sp³-hybridized carbons (Fsp3) is 0.389. The van der Waals surface area contributed by atoms with Gasteiger partial charge in [0.1, 0.15) is 0 Å². The number of rotatable bonds is 5. The molecule has 0 aromatic heterocycles. The van der Waals surface area contributed by atoms with Gasteiger partial charge < -0.3 is 5.32 Å².